The third-order valence-electron chi connectivity index (χ3n) is 3.38. The summed E-state index contributed by atoms with van der Waals surface area (Å²) < 4.78 is 33.0. The van der Waals surface area contributed by atoms with Crippen LogP contribution in [0.4, 0.5) is 5.69 Å². The summed E-state index contributed by atoms with van der Waals surface area (Å²) in [5.74, 6) is 0.595. The highest BCUT2D eigenvalue weighted by Gasteiger charge is 2.25. The van der Waals surface area contributed by atoms with E-state index in [4.69, 9.17) is 4.74 Å². The summed E-state index contributed by atoms with van der Waals surface area (Å²) in [7, 11) is -2.08. The van der Waals surface area contributed by atoms with Gasteiger partial charge in [0.15, 0.2) is 0 Å². The maximum absolute atomic E-state index is 12.9. The van der Waals surface area contributed by atoms with Gasteiger partial charge in [0.05, 0.1) is 22.2 Å². The first-order chi connectivity index (χ1) is 10.4. The summed E-state index contributed by atoms with van der Waals surface area (Å²) in [5, 5.41) is 0. The number of hydrogen-bond donors (Lipinski definition) is 0. The molecule has 6 heteroatoms. The third kappa shape index (κ3) is 3.13. The molecule has 0 bridgehead atoms. The Hall–Kier alpha value is -1.53. The van der Waals surface area contributed by atoms with Crippen molar-refractivity contribution < 1.29 is 13.2 Å². The predicted octanol–water partition coefficient (Wildman–Crippen LogP) is 3.98. The van der Waals surface area contributed by atoms with E-state index in [2.05, 4.69) is 15.9 Å². The molecule has 0 spiro atoms. The molecule has 2 rings (SSSR count). The van der Waals surface area contributed by atoms with Crippen molar-refractivity contribution in [2.24, 2.45) is 0 Å². The second-order valence-corrected chi connectivity index (χ2v) is 7.47. The lowest BCUT2D eigenvalue weighted by atomic mass is 10.2. The van der Waals surface area contributed by atoms with Gasteiger partial charge in [0.2, 0.25) is 0 Å². The number of para-hydroxylation sites is 1. The van der Waals surface area contributed by atoms with E-state index in [1.54, 1.807) is 25.3 Å². The Morgan fingerprint density at radius 2 is 1.86 bits per heavy atom. The Morgan fingerprint density at radius 1 is 1.18 bits per heavy atom. The number of halogens is 1. The van der Waals surface area contributed by atoms with Crippen molar-refractivity contribution in [1.82, 2.24) is 0 Å². The number of benzene rings is 2. The number of ether oxygens (including phenoxy) is 1. The highest BCUT2D eigenvalue weighted by molar-refractivity contribution is 9.10. The van der Waals surface area contributed by atoms with Gasteiger partial charge >= 0.3 is 0 Å². The molecule has 0 heterocycles. The zero-order valence-corrected chi connectivity index (χ0v) is 15.1. The Labute approximate surface area is 139 Å². The average Bonchev–Trinajstić information content (AvgIpc) is 2.49. The topological polar surface area (TPSA) is 46.6 Å². The molecule has 4 nitrogen and oxygen atoms in total. The summed E-state index contributed by atoms with van der Waals surface area (Å²) in [6.45, 7) is 4.08. The molecule has 0 radical (unpaired) electrons. The number of anilines is 1. The highest BCUT2D eigenvalue weighted by Crippen LogP contribution is 2.31. The number of aryl methyl sites for hydroxylation is 1. The second-order valence-electron chi connectivity index (χ2n) is 4.75. The molecule has 0 amide bonds. The molecule has 2 aromatic rings. The number of nitrogens with zero attached hydrogens (tertiary/aromatic N) is 1. The molecule has 0 aliphatic rings. The van der Waals surface area contributed by atoms with Crippen LogP contribution in [0.15, 0.2) is 51.8 Å². The smallest absolute Gasteiger partial charge is 0.264 e. The number of rotatable bonds is 5. The third-order valence-corrected chi connectivity index (χ3v) is 5.89. The van der Waals surface area contributed by atoms with Crippen LogP contribution >= 0.6 is 15.9 Å². The van der Waals surface area contributed by atoms with E-state index in [-0.39, 0.29) is 4.90 Å². The van der Waals surface area contributed by atoms with Gasteiger partial charge in [-0.1, -0.05) is 18.2 Å². The van der Waals surface area contributed by atoms with E-state index in [1.807, 2.05) is 38.1 Å². The fourth-order valence-electron chi connectivity index (χ4n) is 2.25. The Balaban J connectivity index is 2.52. The summed E-state index contributed by atoms with van der Waals surface area (Å²) in [5.41, 5.74) is 1.61. The van der Waals surface area contributed by atoms with Crippen molar-refractivity contribution in [2.45, 2.75) is 18.7 Å². The molecule has 0 N–H and O–H groups in total. The van der Waals surface area contributed by atoms with Crippen LogP contribution in [-0.2, 0) is 10.0 Å². The van der Waals surface area contributed by atoms with Crippen molar-refractivity contribution in [3.8, 4) is 5.75 Å². The lowest BCUT2D eigenvalue weighted by Gasteiger charge is -2.24. The van der Waals surface area contributed by atoms with Gasteiger partial charge in [-0.2, -0.15) is 0 Å². The van der Waals surface area contributed by atoms with E-state index in [1.165, 1.54) is 4.31 Å². The van der Waals surface area contributed by atoms with Crippen molar-refractivity contribution in [1.29, 1.82) is 0 Å². The van der Waals surface area contributed by atoms with Gasteiger partial charge in [-0.3, -0.25) is 4.31 Å². The maximum Gasteiger partial charge on any atom is 0.264 e. The Bertz CT molecular complexity index is 775. The molecule has 0 aromatic heterocycles. The number of methoxy groups -OCH3 is 1. The minimum Gasteiger partial charge on any atom is -0.496 e. The quantitative estimate of drug-likeness (QED) is 0.784. The van der Waals surface area contributed by atoms with Crippen molar-refractivity contribution >= 4 is 31.6 Å². The summed E-state index contributed by atoms with van der Waals surface area (Å²) in [4.78, 5) is 0.227. The SMILES string of the molecule is CCN(c1ccccc1C)S(=O)(=O)c1ccc(OC)c(Br)c1. The molecule has 0 aliphatic carbocycles. The first-order valence-electron chi connectivity index (χ1n) is 6.83. The molecule has 2 aromatic carbocycles. The van der Waals surface area contributed by atoms with Crippen LogP contribution < -0.4 is 9.04 Å². The van der Waals surface area contributed by atoms with Crippen molar-refractivity contribution in [3.05, 3.63) is 52.5 Å². The lowest BCUT2D eigenvalue weighted by molar-refractivity contribution is 0.411. The monoisotopic (exact) mass is 383 g/mol. The zero-order chi connectivity index (χ0) is 16.3. The second kappa shape index (κ2) is 6.71. The van der Waals surface area contributed by atoms with Crippen LogP contribution in [0, 0.1) is 6.92 Å². The van der Waals surface area contributed by atoms with E-state index in [0.29, 0.717) is 22.5 Å². The fraction of sp³-hybridized carbons (Fsp3) is 0.250. The Kier molecular flexibility index (Phi) is 5.13. The summed E-state index contributed by atoms with van der Waals surface area (Å²) in [6.07, 6.45) is 0. The van der Waals surface area contributed by atoms with Gasteiger partial charge in [0.25, 0.3) is 10.0 Å². The van der Waals surface area contributed by atoms with Crippen molar-refractivity contribution in [2.75, 3.05) is 18.0 Å². The highest BCUT2D eigenvalue weighted by atomic mass is 79.9. The van der Waals surface area contributed by atoms with Crippen LogP contribution in [0.25, 0.3) is 0 Å². The average molecular weight is 384 g/mol. The molecular formula is C16H18BrNO3S. The molecule has 0 aliphatic heterocycles. The van der Waals surface area contributed by atoms with Gasteiger partial charge in [-0.05, 0) is 59.6 Å². The van der Waals surface area contributed by atoms with Gasteiger partial charge in [-0.15, -0.1) is 0 Å². The maximum atomic E-state index is 12.9. The summed E-state index contributed by atoms with van der Waals surface area (Å²) in [6, 6.07) is 12.2. The predicted molar refractivity (Wildman–Crippen MR) is 92.1 cm³/mol. The molecule has 0 fully saturated rings. The number of sulfonamides is 1. The molecule has 0 saturated heterocycles. The van der Waals surface area contributed by atoms with Crippen LogP contribution in [0.5, 0.6) is 5.75 Å². The number of hydrogen-bond acceptors (Lipinski definition) is 3. The molecule has 0 saturated carbocycles. The molecule has 22 heavy (non-hydrogen) atoms. The van der Waals surface area contributed by atoms with Crippen LogP contribution in [0.2, 0.25) is 0 Å². The van der Waals surface area contributed by atoms with Gasteiger partial charge in [0.1, 0.15) is 5.75 Å². The van der Waals surface area contributed by atoms with E-state index in [9.17, 15) is 8.42 Å². The summed E-state index contributed by atoms with van der Waals surface area (Å²) >= 11 is 3.33. The largest absolute Gasteiger partial charge is 0.496 e. The first-order valence-corrected chi connectivity index (χ1v) is 9.07. The van der Waals surface area contributed by atoms with E-state index >= 15 is 0 Å². The fourth-order valence-corrected chi connectivity index (χ4v) is 4.51. The Morgan fingerprint density at radius 3 is 2.41 bits per heavy atom. The van der Waals surface area contributed by atoms with Crippen LogP contribution in [-0.4, -0.2) is 22.1 Å². The standard InChI is InChI=1S/C16H18BrNO3S/c1-4-18(15-8-6-5-7-12(15)2)22(19,20)13-9-10-16(21-3)14(17)11-13/h5-11H,4H2,1-3H3. The van der Waals surface area contributed by atoms with Crippen molar-refractivity contribution in [3.63, 3.8) is 0 Å². The lowest BCUT2D eigenvalue weighted by Crippen LogP contribution is -2.31. The minimum atomic E-state index is -3.63. The van der Waals surface area contributed by atoms with Crippen LogP contribution in [0.3, 0.4) is 0 Å². The zero-order valence-electron chi connectivity index (χ0n) is 12.7. The normalized spacial score (nSPS) is 11.3. The first kappa shape index (κ1) is 16.8. The molecular weight excluding hydrogens is 366 g/mol. The molecule has 0 unspecified atom stereocenters. The molecule has 0 atom stereocenters. The molecule has 118 valence electrons. The van der Waals surface area contributed by atoms with Crippen LogP contribution in [0.1, 0.15) is 12.5 Å². The van der Waals surface area contributed by atoms with Gasteiger partial charge < -0.3 is 4.74 Å². The van der Waals surface area contributed by atoms with E-state index < -0.39 is 10.0 Å². The van der Waals surface area contributed by atoms with Gasteiger partial charge in [-0.25, -0.2) is 8.42 Å². The minimum absolute atomic E-state index is 0.227. The van der Waals surface area contributed by atoms with Gasteiger partial charge in [0, 0.05) is 6.54 Å². The van der Waals surface area contributed by atoms with E-state index in [0.717, 1.165) is 5.56 Å².